The number of alkyl halides is 2. The third kappa shape index (κ3) is 6.85. The first kappa shape index (κ1) is 15.6. The SMILES string of the molecule is CCCNc1nc(C)cc(NCCOCC(F)F)n1. The van der Waals surface area contributed by atoms with E-state index in [0.29, 0.717) is 18.3 Å². The molecule has 0 aliphatic carbocycles. The van der Waals surface area contributed by atoms with Gasteiger partial charge in [-0.05, 0) is 13.3 Å². The van der Waals surface area contributed by atoms with E-state index in [0.717, 1.165) is 18.7 Å². The monoisotopic (exact) mass is 274 g/mol. The molecular formula is C12H20F2N4O. The van der Waals surface area contributed by atoms with E-state index in [1.54, 1.807) is 6.07 Å². The van der Waals surface area contributed by atoms with Gasteiger partial charge < -0.3 is 15.4 Å². The molecule has 0 bridgehead atoms. The van der Waals surface area contributed by atoms with Crippen LogP contribution in [0.5, 0.6) is 0 Å². The van der Waals surface area contributed by atoms with Crippen LogP contribution in [0, 0.1) is 6.92 Å². The van der Waals surface area contributed by atoms with Gasteiger partial charge in [0.2, 0.25) is 5.95 Å². The molecule has 1 heterocycles. The van der Waals surface area contributed by atoms with Crippen LogP contribution < -0.4 is 10.6 Å². The maximum Gasteiger partial charge on any atom is 0.261 e. The van der Waals surface area contributed by atoms with Crippen molar-refractivity contribution in [1.29, 1.82) is 0 Å². The molecule has 0 atom stereocenters. The summed E-state index contributed by atoms with van der Waals surface area (Å²) in [5.74, 6) is 1.23. The van der Waals surface area contributed by atoms with Crippen LogP contribution in [0.2, 0.25) is 0 Å². The second-order valence-electron chi connectivity index (χ2n) is 4.04. The van der Waals surface area contributed by atoms with Crippen LogP contribution in [0.3, 0.4) is 0 Å². The minimum Gasteiger partial charge on any atom is -0.374 e. The Morgan fingerprint density at radius 3 is 2.74 bits per heavy atom. The van der Waals surface area contributed by atoms with Gasteiger partial charge in [0.15, 0.2) is 0 Å². The van der Waals surface area contributed by atoms with Crippen LogP contribution in [0.4, 0.5) is 20.5 Å². The van der Waals surface area contributed by atoms with E-state index in [-0.39, 0.29) is 6.61 Å². The highest BCUT2D eigenvalue weighted by Crippen LogP contribution is 2.09. The smallest absolute Gasteiger partial charge is 0.261 e. The minimum atomic E-state index is -2.42. The summed E-state index contributed by atoms with van der Waals surface area (Å²) < 4.78 is 28.4. The zero-order valence-electron chi connectivity index (χ0n) is 11.2. The van der Waals surface area contributed by atoms with E-state index in [9.17, 15) is 8.78 Å². The van der Waals surface area contributed by atoms with Crippen molar-refractivity contribution in [2.75, 3.05) is 36.9 Å². The summed E-state index contributed by atoms with van der Waals surface area (Å²) in [6, 6.07) is 1.80. The number of nitrogens with zero attached hydrogens (tertiary/aromatic N) is 2. The Hall–Kier alpha value is -1.50. The molecule has 7 heteroatoms. The Morgan fingerprint density at radius 1 is 1.26 bits per heavy atom. The van der Waals surface area contributed by atoms with Gasteiger partial charge in [0.05, 0.1) is 6.61 Å². The normalized spacial score (nSPS) is 10.8. The summed E-state index contributed by atoms with van der Waals surface area (Å²) in [4.78, 5) is 8.51. The first-order chi connectivity index (χ1) is 9.11. The van der Waals surface area contributed by atoms with Crippen molar-refractivity contribution in [2.24, 2.45) is 0 Å². The molecule has 5 nitrogen and oxygen atoms in total. The summed E-state index contributed by atoms with van der Waals surface area (Å²) >= 11 is 0. The van der Waals surface area contributed by atoms with E-state index >= 15 is 0 Å². The van der Waals surface area contributed by atoms with Crippen LogP contribution in [-0.4, -0.2) is 42.7 Å². The quantitative estimate of drug-likeness (QED) is 0.677. The number of nitrogens with one attached hydrogen (secondary N) is 2. The highest BCUT2D eigenvalue weighted by atomic mass is 19.3. The number of halogens is 2. The van der Waals surface area contributed by atoms with Crippen molar-refractivity contribution in [2.45, 2.75) is 26.7 Å². The lowest BCUT2D eigenvalue weighted by Crippen LogP contribution is -2.14. The molecule has 0 saturated heterocycles. The first-order valence-electron chi connectivity index (χ1n) is 6.31. The average molecular weight is 274 g/mol. The molecule has 0 radical (unpaired) electrons. The van der Waals surface area contributed by atoms with Crippen LogP contribution >= 0.6 is 0 Å². The second kappa shape index (κ2) is 8.58. The van der Waals surface area contributed by atoms with Gasteiger partial charge >= 0.3 is 0 Å². The van der Waals surface area contributed by atoms with E-state index in [4.69, 9.17) is 4.74 Å². The summed E-state index contributed by atoms with van der Waals surface area (Å²) in [6.07, 6.45) is -1.44. The van der Waals surface area contributed by atoms with Gasteiger partial charge in [-0.2, -0.15) is 4.98 Å². The largest absolute Gasteiger partial charge is 0.374 e. The van der Waals surface area contributed by atoms with Crippen molar-refractivity contribution in [3.63, 3.8) is 0 Å². The number of anilines is 2. The first-order valence-corrected chi connectivity index (χ1v) is 6.31. The van der Waals surface area contributed by atoms with Gasteiger partial charge in [-0.25, -0.2) is 13.8 Å². The Labute approximate surface area is 111 Å². The Kier molecular flexibility index (Phi) is 7.02. The molecule has 0 saturated carbocycles. The zero-order chi connectivity index (χ0) is 14.1. The molecule has 1 aromatic heterocycles. The van der Waals surface area contributed by atoms with Gasteiger partial charge in [-0.3, -0.25) is 0 Å². The zero-order valence-corrected chi connectivity index (χ0v) is 11.2. The van der Waals surface area contributed by atoms with E-state index in [2.05, 4.69) is 27.5 Å². The third-order valence-corrected chi connectivity index (χ3v) is 2.18. The lowest BCUT2D eigenvalue weighted by molar-refractivity contribution is 0.0215. The summed E-state index contributed by atoms with van der Waals surface area (Å²) in [6.45, 7) is 4.84. The van der Waals surface area contributed by atoms with Crippen LogP contribution in [0.15, 0.2) is 6.07 Å². The standard InChI is InChI=1S/C12H20F2N4O/c1-3-4-16-12-17-9(2)7-11(18-12)15-5-6-19-8-10(13)14/h7,10H,3-6,8H2,1-2H3,(H2,15,16,17,18). The van der Waals surface area contributed by atoms with Crippen LogP contribution in [0.25, 0.3) is 0 Å². The van der Waals surface area contributed by atoms with Crippen molar-refractivity contribution in [3.8, 4) is 0 Å². The molecule has 108 valence electrons. The highest BCUT2D eigenvalue weighted by molar-refractivity contribution is 5.42. The number of aryl methyl sites for hydroxylation is 1. The third-order valence-electron chi connectivity index (χ3n) is 2.18. The highest BCUT2D eigenvalue weighted by Gasteiger charge is 2.03. The number of aromatic nitrogens is 2. The predicted octanol–water partition coefficient (Wildman–Crippen LogP) is 2.30. The Morgan fingerprint density at radius 2 is 2.05 bits per heavy atom. The fourth-order valence-corrected chi connectivity index (χ4v) is 1.40. The molecule has 0 fully saturated rings. The lowest BCUT2D eigenvalue weighted by Gasteiger charge is -2.09. The summed E-state index contributed by atoms with van der Waals surface area (Å²) in [5, 5.41) is 6.11. The van der Waals surface area contributed by atoms with Crippen molar-refractivity contribution in [3.05, 3.63) is 11.8 Å². The molecular weight excluding hydrogens is 254 g/mol. The molecule has 0 unspecified atom stereocenters. The van der Waals surface area contributed by atoms with E-state index in [1.165, 1.54) is 0 Å². The maximum atomic E-state index is 11.8. The number of rotatable bonds is 9. The number of ether oxygens (including phenoxy) is 1. The van der Waals surface area contributed by atoms with Crippen LogP contribution in [0.1, 0.15) is 19.0 Å². The van der Waals surface area contributed by atoms with Gasteiger partial charge in [-0.15, -0.1) is 0 Å². The van der Waals surface area contributed by atoms with Gasteiger partial charge in [0.1, 0.15) is 12.4 Å². The molecule has 1 aromatic rings. The van der Waals surface area contributed by atoms with Gasteiger partial charge in [0.25, 0.3) is 6.43 Å². The molecule has 0 aliphatic rings. The number of hydrogen-bond donors (Lipinski definition) is 2. The fraction of sp³-hybridized carbons (Fsp3) is 0.667. The fourth-order valence-electron chi connectivity index (χ4n) is 1.40. The van der Waals surface area contributed by atoms with E-state index < -0.39 is 13.0 Å². The van der Waals surface area contributed by atoms with Crippen molar-refractivity contribution in [1.82, 2.24) is 9.97 Å². The van der Waals surface area contributed by atoms with Crippen LogP contribution in [-0.2, 0) is 4.74 Å². The lowest BCUT2D eigenvalue weighted by atomic mass is 10.4. The average Bonchev–Trinajstić information content (AvgIpc) is 2.35. The predicted molar refractivity (Wildman–Crippen MR) is 70.9 cm³/mol. The molecule has 19 heavy (non-hydrogen) atoms. The minimum absolute atomic E-state index is 0.213. The topological polar surface area (TPSA) is 59.1 Å². The summed E-state index contributed by atoms with van der Waals surface area (Å²) in [7, 11) is 0. The Bertz CT molecular complexity index is 377. The van der Waals surface area contributed by atoms with Crippen molar-refractivity contribution >= 4 is 11.8 Å². The molecule has 1 rings (SSSR count). The molecule has 0 aliphatic heterocycles. The summed E-state index contributed by atoms with van der Waals surface area (Å²) in [5.41, 5.74) is 0.838. The molecule has 0 spiro atoms. The molecule has 2 N–H and O–H groups in total. The van der Waals surface area contributed by atoms with Gasteiger partial charge in [-0.1, -0.05) is 6.92 Å². The molecule has 0 aromatic carbocycles. The van der Waals surface area contributed by atoms with Crippen molar-refractivity contribution < 1.29 is 13.5 Å². The van der Waals surface area contributed by atoms with Gasteiger partial charge in [0, 0.05) is 24.8 Å². The van der Waals surface area contributed by atoms with E-state index in [1.807, 2.05) is 6.92 Å². The second-order valence-corrected chi connectivity index (χ2v) is 4.04. The molecule has 0 amide bonds. The maximum absolute atomic E-state index is 11.8. The Balaban J connectivity index is 2.38. The number of hydrogen-bond acceptors (Lipinski definition) is 5.